The summed E-state index contributed by atoms with van der Waals surface area (Å²) in [6, 6.07) is 1.88. The van der Waals surface area contributed by atoms with E-state index in [-0.39, 0.29) is 5.91 Å². The van der Waals surface area contributed by atoms with Crippen LogP contribution in [0.15, 0.2) is 23.8 Å². The van der Waals surface area contributed by atoms with Crippen LogP contribution in [0.1, 0.15) is 15.9 Å². The minimum absolute atomic E-state index is 0.0389. The first-order valence-electron chi connectivity index (χ1n) is 4.65. The van der Waals surface area contributed by atoms with E-state index in [0.29, 0.717) is 6.54 Å². The van der Waals surface area contributed by atoms with E-state index < -0.39 is 0 Å². The van der Waals surface area contributed by atoms with Crippen LogP contribution < -0.4 is 5.32 Å². The zero-order chi connectivity index (χ0) is 11.5. The Balaban J connectivity index is 1.93. The number of carbonyl (C=O) groups excluding carboxylic acids is 1. The van der Waals surface area contributed by atoms with Gasteiger partial charge in [0.1, 0.15) is 0 Å². The smallest absolute Gasteiger partial charge is 0.252 e. The second-order valence-corrected chi connectivity index (χ2v) is 6.15. The molecule has 0 aliphatic heterocycles. The summed E-state index contributed by atoms with van der Waals surface area (Å²) < 4.78 is 2.83. The Bertz CT molecular complexity index is 506. The summed E-state index contributed by atoms with van der Waals surface area (Å²) in [4.78, 5) is 11.7. The number of rotatable bonds is 3. The van der Waals surface area contributed by atoms with Gasteiger partial charge in [0.15, 0.2) is 0 Å². The van der Waals surface area contributed by atoms with Crippen LogP contribution in [0.3, 0.4) is 0 Å². The van der Waals surface area contributed by atoms with Gasteiger partial charge in [-0.2, -0.15) is 5.10 Å². The van der Waals surface area contributed by atoms with Crippen LogP contribution in [0.5, 0.6) is 0 Å². The Hall–Kier alpha value is -0.890. The summed E-state index contributed by atoms with van der Waals surface area (Å²) in [5.74, 6) is -0.0389. The summed E-state index contributed by atoms with van der Waals surface area (Å²) in [5.41, 5.74) is 1.72. The van der Waals surface area contributed by atoms with Crippen molar-refractivity contribution in [2.75, 3.05) is 0 Å². The molecule has 0 unspecified atom stereocenters. The van der Waals surface area contributed by atoms with Crippen molar-refractivity contribution in [1.82, 2.24) is 15.1 Å². The average Bonchev–Trinajstić information content (AvgIpc) is 2.84. The van der Waals surface area contributed by atoms with Gasteiger partial charge >= 0.3 is 0 Å². The lowest BCUT2D eigenvalue weighted by Crippen LogP contribution is -2.21. The molecule has 0 spiro atoms. The molecule has 0 fully saturated rings. The average molecular weight is 347 g/mol. The maximum atomic E-state index is 11.7. The van der Waals surface area contributed by atoms with E-state index in [1.807, 2.05) is 24.7 Å². The highest BCUT2D eigenvalue weighted by atomic mass is 127. The van der Waals surface area contributed by atoms with Crippen molar-refractivity contribution < 1.29 is 4.79 Å². The lowest BCUT2D eigenvalue weighted by Gasteiger charge is -2.00. The third-order valence-electron chi connectivity index (χ3n) is 2.04. The van der Waals surface area contributed by atoms with E-state index in [1.54, 1.807) is 22.2 Å². The van der Waals surface area contributed by atoms with E-state index in [1.165, 1.54) is 0 Å². The summed E-state index contributed by atoms with van der Waals surface area (Å²) in [5, 5.41) is 8.75. The van der Waals surface area contributed by atoms with Crippen molar-refractivity contribution in [3.63, 3.8) is 0 Å². The van der Waals surface area contributed by atoms with Crippen molar-refractivity contribution >= 4 is 39.8 Å². The van der Waals surface area contributed by atoms with E-state index >= 15 is 0 Å². The molecule has 1 amide bonds. The predicted molar refractivity (Wildman–Crippen MR) is 71.4 cm³/mol. The van der Waals surface area contributed by atoms with Gasteiger partial charge in [0.05, 0.1) is 14.6 Å². The molecule has 0 aliphatic rings. The van der Waals surface area contributed by atoms with Crippen molar-refractivity contribution in [3.8, 4) is 0 Å². The fourth-order valence-corrected chi connectivity index (χ4v) is 2.60. The molecule has 6 heteroatoms. The van der Waals surface area contributed by atoms with Gasteiger partial charge in [0.2, 0.25) is 0 Å². The maximum Gasteiger partial charge on any atom is 0.252 e. The molecular weight excluding hydrogens is 337 g/mol. The molecule has 0 saturated carbocycles. The topological polar surface area (TPSA) is 46.9 Å². The summed E-state index contributed by atoms with van der Waals surface area (Å²) in [6.45, 7) is 0.513. The number of thiophene rings is 1. The number of carbonyl (C=O) groups is 1. The third-order valence-corrected chi connectivity index (χ3v) is 3.83. The lowest BCUT2D eigenvalue weighted by molar-refractivity contribution is 0.0951. The molecule has 0 aliphatic carbocycles. The van der Waals surface area contributed by atoms with Crippen molar-refractivity contribution in [2.45, 2.75) is 6.54 Å². The second-order valence-electron chi connectivity index (χ2n) is 3.34. The van der Waals surface area contributed by atoms with Crippen molar-refractivity contribution in [3.05, 3.63) is 37.9 Å². The fourth-order valence-electron chi connectivity index (χ4n) is 1.28. The van der Waals surface area contributed by atoms with Crippen LogP contribution in [-0.4, -0.2) is 15.7 Å². The molecule has 1 N–H and O–H groups in total. The molecule has 2 aromatic rings. The van der Waals surface area contributed by atoms with Gasteiger partial charge in [-0.1, -0.05) is 0 Å². The number of aryl methyl sites for hydroxylation is 1. The third kappa shape index (κ3) is 2.82. The van der Waals surface area contributed by atoms with Crippen molar-refractivity contribution in [2.24, 2.45) is 7.05 Å². The predicted octanol–water partition coefficient (Wildman–Crippen LogP) is 2.02. The van der Waals surface area contributed by atoms with Gasteiger partial charge in [-0.3, -0.25) is 9.48 Å². The van der Waals surface area contributed by atoms with E-state index in [2.05, 4.69) is 33.0 Å². The van der Waals surface area contributed by atoms with Crippen LogP contribution in [-0.2, 0) is 13.6 Å². The Kier molecular flexibility index (Phi) is 3.59. The van der Waals surface area contributed by atoms with Crippen LogP contribution in [0.25, 0.3) is 0 Å². The minimum atomic E-state index is -0.0389. The number of hydrogen-bond acceptors (Lipinski definition) is 3. The highest BCUT2D eigenvalue weighted by Gasteiger charge is 2.07. The Morgan fingerprint density at radius 1 is 1.69 bits per heavy atom. The number of nitrogens with zero attached hydrogens (tertiary/aromatic N) is 2. The molecular formula is C10H10IN3OS. The largest absolute Gasteiger partial charge is 0.348 e. The van der Waals surface area contributed by atoms with E-state index in [0.717, 1.165) is 14.0 Å². The number of halogens is 1. The molecule has 0 atom stereocenters. The quantitative estimate of drug-likeness (QED) is 0.864. The first-order chi connectivity index (χ1) is 7.65. The molecule has 0 saturated heterocycles. The first kappa shape index (κ1) is 11.6. The lowest BCUT2D eigenvalue weighted by atomic mass is 10.3. The Morgan fingerprint density at radius 3 is 3.06 bits per heavy atom. The summed E-state index contributed by atoms with van der Waals surface area (Å²) >= 11 is 3.77. The number of amides is 1. The van der Waals surface area contributed by atoms with Crippen molar-refractivity contribution in [1.29, 1.82) is 0 Å². The molecule has 0 bridgehead atoms. The van der Waals surface area contributed by atoms with E-state index in [9.17, 15) is 4.79 Å². The van der Waals surface area contributed by atoms with Gasteiger partial charge in [-0.15, -0.1) is 11.3 Å². The molecule has 84 valence electrons. The van der Waals surface area contributed by atoms with Crippen LogP contribution in [0.4, 0.5) is 0 Å². The Morgan fingerprint density at radius 2 is 2.50 bits per heavy atom. The molecule has 16 heavy (non-hydrogen) atoms. The highest BCUT2D eigenvalue weighted by Crippen LogP contribution is 2.16. The van der Waals surface area contributed by atoms with Crippen LogP contribution in [0, 0.1) is 2.88 Å². The zero-order valence-corrected chi connectivity index (χ0v) is 11.6. The second kappa shape index (κ2) is 4.96. The summed E-state index contributed by atoms with van der Waals surface area (Å²) in [6.07, 6.45) is 3.63. The van der Waals surface area contributed by atoms with E-state index in [4.69, 9.17) is 0 Å². The zero-order valence-electron chi connectivity index (χ0n) is 8.61. The monoisotopic (exact) mass is 347 g/mol. The molecule has 2 heterocycles. The molecule has 2 rings (SSSR count). The van der Waals surface area contributed by atoms with Gasteiger partial charge < -0.3 is 5.32 Å². The van der Waals surface area contributed by atoms with Gasteiger partial charge in [0, 0.05) is 30.7 Å². The molecule has 2 aromatic heterocycles. The maximum absolute atomic E-state index is 11.7. The first-order valence-corrected chi connectivity index (χ1v) is 6.61. The standard InChI is InChI=1S/C10H10IN3OS/c1-14-5-7(4-13-14)3-12-10(15)8-2-9(11)16-6-8/h2,4-6H,3H2,1H3,(H,12,15). The van der Waals surface area contributed by atoms with Gasteiger partial charge in [0.25, 0.3) is 5.91 Å². The number of aromatic nitrogens is 2. The Labute approximate surface area is 111 Å². The van der Waals surface area contributed by atoms with Crippen LogP contribution >= 0.6 is 33.9 Å². The van der Waals surface area contributed by atoms with Crippen LogP contribution in [0.2, 0.25) is 0 Å². The normalized spacial score (nSPS) is 10.4. The molecule has 4 nitrogen and oxygen atoms in total. The fraction of sp³-hybridized carbons (Fsp3) is 0.200. The SMILES string of the molecule is Cn1cc(CNC(=O)c2csc(I)c2)cn1. The summed E-state index contributed by atoms with van der Waals surface area (Å²) in [7, 11) is 1.85. The highest BCUT2D eigenvalue weighted by molar-refractivity contribution is 14.1. The molecule has 0 radical (unpaired) electrons. The van der Waals surface area contributed by atoms with Gasteiger partial charge in [-0.05, 0) is 28.7 Å². The number of nitrogens with one attached hydrogen (secondary N) is 1. The molecule has 0 aromatic carbocycles. The van der Waals surface area contributed by atoms with Gasteiger partial charge in [-0.25, -0.2) is 0 Å². The minimum Gasteiger partial charge on any atom is -0.348 e. The number of hydrogen-bond donors (Lipinski definition) is 1.